The maximum Gasteiger partial charge on any atom is 0.263 e. The van der Waals surface area contributed by atoms with Crippen LogP contribution >= 0.6 is 0 Å². The van der Waals surface area contributed by atoms with Crippen molar-refractivity contribution in [2.75, 3.05) is 20.8 Å². The first-order valence-corrected chi connectivity index (χ1v) is 9.03. The van der Waals surface area contributed by atoms with Crippen molar-refractivity contribution in [1.29, 1.82) is 5.26 Å². The molecule has 0 aliphatic heterocycles. The van der Waals surface area contributed by atoms with Gasteiger partial charge in [0.1, 0.15) is 11.6 Å². The highest BCUT2D eigenvalue weighted by Crippen LogP contribution is 2.27. The van der Waals surface area contributed by atoms with Gasteiger partial charge in [-0.2, -0.15) is 5.26 Å². The average Bonchev–Trinajstić information content (AvgIpc) is 2.69. The van der Waals surface area contributed by atoms with Crippen LogP contribution in [0.4, 0.5) is 0 Å². The van der Waals surface area contributed by atoms with Crippen molar-refractivity contribution in [1.82, 2.24) is 10.6 Å². The van der Waals surface area contributed by atoms with Gasteiger partial charge in [0.15, 0.2) is 11.5 Å². The van der Waals surface area contributed by atoms with Crippen molar-refractivity contribution < 1.29 is 14.3 Å². The van der Waals surface area contributed by atoms with Gasteiger partial charge in [0.2, 0.25) is 0 Å². The van der Waals surface area contributed by atoms with Crippen LogP contribution in [0, 0.1) is 11.3 Å². The SMILES string of the molecule is COc1ccc(CCNC(=O)/C(C#N)=C\NC2CCCCC2)cc1OC. The van der Waals surface area contributed by atoms with E-state index in [0.29, 0.717) is 30.5 Å². The zero-order chi connectivity index (χ0) is 18.8. The molecule has 1 aromatic carbocycles. The summed E-state index contributed by atoms with van der Waals surface area (Å²) in [5, 5.41) is 15.2. The molecule has 0 bridgehead atoms. The summed E-state index contributed by atoms with van der Waals surface area (Å²) in [6, 6.07) is 7.99. The fourth-order valence-corrected chi connectivity index (χ4v) is 3.07. The van der Waals surface area contributed by atoms with Gasteiger partial charge in [0, 0.05) is 18.8 Å². The molecule has 1 aromatic rings. The Bertz CT molecular complexity index is 673. The van der Waals surface area contributed by atoms with Gasteiger partial charge in [-0.15, -0.1) is 0 Å². The van der Waals surface area contributed by atoms with E-state index in [1.807, 2.05) is 24.3 Å². The van der Waals surface area contributed by atoms with Crippen LogP contribution in [0.25, 0.3) is 0 Å². The van der Waals surface area contributed by atoms with Gasteiger partial charge in [0.05, 0.1) is 14.2 Å². The fraction of sp³-hybridized carbons (Fsp3) is 0.500. The third-order valence-corrected chi connectivity index (χ3v) is 4.58. The molecule has 0 atom stereocenters. The predicted molar refractivity (Wildman–Crippen MR) is 100.0 cm³/mol. The number of methoxy groups -OCH3 is 2. The summed E-state index contributed by atoms with van der Waals surface area (Å²) >= 11 is 0. The highest BCUT2D eigenvalue weighted by atomic mass is 16.5. The topological polar surface area (TPSA) is 83.4 Å². The summed E-state index contributed by atoms with van der Waals surface area (Å²) in [6.07, 6.45) is 8.05. The van der Waals surface area contributed by atoms with E-state index in [0.717, 1.165) is 18.4 Å². The van der Waals surface area contributed by atoms with Crippen LogP contribution < -0.4 is 20.1 Å². The Morgan fingerprint density at radius 2 is 1.96 bits per heavy atom. The van der Waals surface area contributed by atoms with Crippen molar-refractivity contribution in [3.63, 3.8) is 0 Å². The molecule has 0 aromatic heterocycles. The molecule has 1 saturated carbocycles. The molecule has 6 heteroatoms. The minimum Gasteiger partial charge on any atom is -0.493 e. The number of amides is 1. The van der Waals surface area contributed by atoms with E-state index in [9.17, 15) is 10.1 Å². The minimum absolute atomic E-state index is 0.114. The number of carbonyl (C=O) groups is 1. The predicted octanol–water partition coefficient (Wildman–Crippen LogP) is 2.69. The molecule has 2 N–H and O–H groups in total. The molecule has 0 spiro atoms. The number of ether oxygens (including phenoxy) is 2. The molecule has 1 amide bonds. The Morgan fingerprint density at radius 3 is 2.62 bits per heavy atom. The third-order valence-electron chi connectivity index (χ3n) is 4.58. The maximum atomic E-state index is 12.2. The van der Waals surface area contributed by atoms with Crippen LogP contribution in [0.1, 0.15) is 37.7 Å². The molecule has 2 rings (SSSR count). The number of carbonyl (C=O) groups excluding carboxylic acids is 1. The van der Waals surface area contributed by atoms with E-state index in [4.69, 9.17) is 9.47 Å². The number of hydrogen-bond donors (Lipinski definition) is 2. The van der Waals surface area contributed by atoms with Gasteiger partial charge < -0.3 is 20.1 Å². The van der Waals surface area contributed by atoms with Crippen molar-refractivity contribution in [2.45, 2.75) is 44.6 Å². The first kappa shape index (κ1) is 19.6. The second kappa shape index (κ2) is 10.3. The van der Waals surface area contributed by atoms with Crippen LogP contribution in [0.5, 0.6) is 11.5 Å². The number of nitriles is 1. The summed E-state index contributed by atoms with van der Waals surface area (Å²) in [5.41, 5.74) is 1.13. The molecule has 0 radical (unpaired) electrons. The van der Waals surface area contributed by atoms with Gasteiger partial charge in [-0.25, -0.2) is 0 Å². The van der Waals surface area contributed by atoms with Crippen LogP contribution in [0.3, 0.4) is 0 Å². The van der Waals surface area contributed by atoms with E-state index in [-0.39, 0.29) is 11.5 Å². The maximum absolute atomic E-state index is 12.2. The summed E-state index contributed by atoms with van der Waals surface area (Å²) < 4.78 is 10.5. The first-order valence-electron chi connectivity index (χ1n) is 9.03. The normalized spacial score (nSPS) is 15.0. The van der Waals surface area contributed by atoms with Crippen LogP contribution in [-0.4, -0.2) is 32.7 Å². The highest BCUT2D eigenvalue weighted by Gasteiger charge is 2.13. The molecule has 0 unspecified atom stereocenters. The number of nitrogens with zero attached hydrogens (tertiary/aromatic N) is 1. The lowest BCUT2D eigenvalue weighted by Crippen LogP contribution is -2.30. The smallest absolute Gasteiger partial charge is 0.263 e. The first-order chi connectivity index (χ1) is 12.7. The lowest BCUT2D eigenvalue weighted by atomic mass is 9.96. The fourth-order valence-electron chi connectivity index (χ4n) is 3.07. The van der Waals surface area contributed by atoms with Gasteiger partial charge in [-0.3, -0.25) is 4.79 Å². The molecule has 1 aliphatic rings. The Morgan fingerprint density at radius 1 is 1.23 bits per heavy atom. The highest BCUT2D eigenvalue weighted by molar-refractivity contribution is 5.97. The van der Waals surface area contributed by atoms with Gasteiger partial charge in [0.25, 0.3) is 5.91 Å². The van der Waals surface area contributed by atoms with Crippen LogP contribution in [-0.2, 0) is 11.2 Å². The van der Waals surface area contributed by atoms with Crippen molar-refractivity contribution in [3.05, 3.63) is 35.5 Å². The zero-order valence-electron chi connectivity index (χ0n) is 15.5. The number of benzene rings is 1. The average molecular weight is 357 g/mol. The Hall–Kier alpha value is -2.68. The largest absolute Gasteiger partial charge is 0.493 e. The van der Waals surface area contributed by atoms with E-state index >= 15 is 0 Å². The second-order valence-corrected chi connectivity index (χ2v) is 6.37. The number of rotatable bonds is 8. The van der Waals surface area contributed by atoms with Gasteiger partial charge >= 0.3 is 0 Å². The number of nitrogens with one attached hydrogen (secondary N) is 2. The molecular formula is C20H27N3O3. The minimum atomic E-state index is -0.351. The quantitative estimate of drug-likeness (QED) is 0.552. The zero-order valence-corrected chi connectivity index (χ0v) is 15.5. The van der Waals surface area contributed by atoms with Crippen LogP contribution in [0.15, 0.2) is 30.0 Å². The number of hydrogen-bond acceptors (Lipinski definition) is 5. The van der Waals surface area contributed by atoms with E-state index in [1.54, 1.807) is 20.4 Å². The lowest BCUT2D eigenvalue weighted by Gasteiger charge is -2.21. The van der Waals surface area contributed by atoms with Crippen LogP contribution in [0.2, 0.25) is 0 Å². The molecule has 6 nitrogen and oxygen atoms in total. The summed E-state index contributed by atoms with van der Waals surface area (Å²) in [6.45, 7) is 0.441. The second-order valence-electron chi connectivity index (χ2n) is 6.37. The van der Waals surface area contributed by atoms with E-state index in [2.05, 4.69) is 10.6 Å². The lowest BCUT2D eigenvalue weighted by molar-refractivity contribution is -0.117. The van der Waals surface area contributed by atoms with E-state index in [1.165, 1.54) is 19.3 Å². The summed E-state index contributed by atoms with van der Waals surface area (Å²) in [5.74, 6) is 0.977. The Kier molecular flexibility index (Phi) is 7.81. The van der Waals surface area contributed by atoms with Crippen molar-refractivity contribution in [2.24, 2.45) is 0 Å². The Balaban J connectivity index is 1.83. The Labute approximate surface area is 155 Å². The molecule has 1 aliphatic carbocycles. The standard InChI is InChI=1S/C20H27N3O3/c1-25-18-9-8-15(12-19(18)26-2)10-11-22-20(24)16(13-21)14-23-17-6-4-3-5-7-17/h8-9,12,14,17,23H,3-7,10-11H2,1-2H3,(H,22,24)/b16-14-. The summed E-state index contributed by atoms with van der Waals surface area (Å²) in [4.78, 5) is 12.2. The third kappa shape index (κ3) is 5.69. The molecule has 0 heterocycles. The van der Waals surface area contributed by atoms with Crippen molar-refractivity contribution in [3.8, 4) is 17.6 Å². The monoisotopic (exact) mass is 357 g/mol. The molecular weight excluding hydrogens is 330 g/mol. The molecule has 26 heavy (non-hydrogen) atoms. The van der Waals surface area contributed by atoms with E-state index < -0.39 is 0 Å². The van der Waals surface area contributed by atoms with Gasteiger partial charge in [-0.1, -0.05) is 25.3 Å². The van der Waals surface area contributed by atoms with Gasteiger partial charge in [-0.05, 0) is 37.0 Å². The molecule has 140 valence electrons. The van der Waals surface area contributed by atoms with Crippen molar-refractivity contribution >= 4 is 5.91 Å². The molecule has 0 saturated heterocycles. The summed E-state index contributed by atoms with van der Waals surface area (Å²) in [7, 11) is 3.18. The molecule has 1 fully saturated rings.